The maximum atomic E-state index is 10.5. The van der Waals surface area contributed by atoms with E-state index in [0.29, 0.717) is 13.0 Å². The lowest BCUT2D eigenvalue weighted by atomic mass is 10.1. The molecule has 0 fully saturated rings. The smallest absolute Gasteiger partial charge is 0.303 e. The number of carbonyl (C=O) groups is 1. The second kappa shape index (κ2) is 6.36. The number of carboxylic acid groups (broad SMARTS) is 1. The number of aliphatic hydroxyl groups is 1. The predicted molar refractivity (Wildman–Crippen MR) is 72.9 cm³/mol. The van der Waals surface area contributed by atoms with E-state index in [0.717, 1.165) is 16.5 Å². The van der Waals surface area contributed by atoms with Crippen LogP contribution in [0, 0.1) is 0 Å². The van der Waals surface area contributed by atoms with Gasteiger partial charge in [-0.3, -0.25) is 4.79 Å². The Morgan fingerprint density at radius 1 is 1.37 bits per heavy atom. The Hall–Kier alpha value is -1.85. The van der Waals surface area contributed by atoms with Crippen LogP contribution in [0.4, 0.5) is 0 Å². The molecular weight excluding hydrogens is 244 g/mol. The molecule has 0 bridgehead atoms. The number of aliphatic carboxylic acids is 1. The third kappa shape index (κ3) is 3.56. The molecule has 0 aliphatic rings. The van der Waals surface area contributed by atoms with Crippen molar-refractivity contribution < 1.29 is 15.0 Å². The van der Waals surface area contributed by atoms with Gasteiger partial charge in [-0.1, -0.05) is 18.2 Å². The minimum atomic E-state index is -0.841. The van der Waals surface area contributed by atoms with Crippen LogP contribution in [-0.2, 0) is 11.3 Å². The third-order valence-electron chi connectivity index (χ3n) is 3.18. The number of carboxylic acids is 1. The molecule has 1 aromatic carbocycles. The Morgan fingerprint density at radius 3 is 2.95 bits per heavy atom. The summed E-state index contributed by atoms with van der Waals surface area (Å²) in [4.78, 5) is 13.7. The minimum absolute atomic E-state index is 0.0604. The summed E-state index contributed by atoms with van der Waals surface area (Å²) in [6, 6.07) is 7.84. The molecule has 19 heavy (non-hydrogen) atoms. The number of fused-ring (bicyclic) bond motifs is 1. The van der Waals surface area contributed by atoms with Crippen molar-refractivity contribution in [1.29, 1.82) is 0 Å². The molecule has 0 aliphatic carbocycles. The van der Waals surface area contributed by atoms with Crippen LogP contribution >= 0.6 is 0 Å². The molecule has 2 aromatic rings. The second-order valence-electron chi connectivity index (χ2n) is 4.55. The van der Waals surface area contributed by atoms with Gasteiger partial charge in [-0.05, 0) is 23.4 Å². The lowest BCUT2D eigenvalue weighted by Crippen LogP contribution is -2.32. The number of H-pyrrole nitrogens is 1. The SMILES string of the molecule is O=C(O)CCC(CO)NCc1cccc2cc[nH]c12. The number of rotatable bonds is 7. The maximum Gasteiger partial charge on any atom is 0.303 e. The Balaban J connectivity index is 1.97. The largest absolute Gasteiger partial charge is 0.481 e. The monoisotopic (exact) mass is 262 g/mol. The number of para-hydroxylation sites is 1. The van der Waals surface area contributed by atoms with Crippen molar-refractivity contribution in [1.82, 2.24) is 10.3 Å². The van der Waals surface area contributed by atoms with Crippen LogP contribution in [-0.4, -0.2) is 33.8 Å². The minimum Gasteiger partial charge on any atom is -0.481 e. The van der Waals surface area contributed by atoms with E-state index in [4.69, 9.17) is 5.11 Å². The zero-order valence-electron chi connectivity index (χ0n) is 10.6. The van der Waals surface area contributed by atoms with Gasteiger partial charge in [-0.25, -0.2) is 0 Å². The van der Waals surface area contributed by atoms with Crippen molar-refractivity contribution in [2.75, 3.05) is 6.61 Å². The number of aromatic amines is 1. The third-order valence-corrected chi connectivity index (χ3v) is 3.18. The van der Waals surface area contributed by atoms with E-state index in [2.05, 4.69) is 10.3 Å². The van der Waals surface area contributed by atoms with Gasteiger partial charge in [0, 0.05) is 30.7 Å². The van der Waals surface area contributed by atoms with E-state index < -0.39 is 5.97 Å². The van der Waals surface area contributed by atoms with Gasteiger partial charge in [-0.2, -0.15) is 0 Å². The standard InChI is InChI=1S/C14H18N2O3/c17-9-12(4-5-13(18)19)16-8-11-3-1-2-10-6-7-15-14(10)11/h1-3,6-7,12,15-17H,4-5,8-9H2,(H,18,19). The summed E-state index contributed by atoms with van der Waals surface area (Å²) in [7, 11) is 0. The van der Waals surface area contributed by atoms with Gasteiger partial charge >= 0.3 is 5.97 Å². The first-order chi connectivity index (χ1) is 9.20. The van der Waals surface area contributed by atoms with Crippen LogP contribution in [0.15, 0.2) is 30.5 Å². The van der Waals surface area contributed by atoms with E-state index in [1.807, 2.05) is 30.5 Å². The molecule has 0 amide bonds. The fraction of sp³-hybridized carbons (Fsp3) is 0.357. The molecular formula is C14H18N2O3. The lowest BCUT2D eigenvalue weighted by Gasteiger charge is -2.15. The van der Waals surface area contributed by atoms with Crippen molar-refractivity contribution in [3.8, 4) is 0 Å². The van der Waals surface area contributed by atoms with Crippen LogP contribution in [0.25, 0.3) is 10.9 Å². The molecule has 1 aromatic heterocycles. The zero-order chi connectivity index (χ0) is 13.7. The molecule has 2 rings (SSSR count). The summed E-state index contributed by atoms with van der Waals surface area (Å²) in [5, 5.41) is 22.2. The second-order valence-corrected chi connectivity index (χ2v) is 4.55. The molecule has 0 aliphatic heterocycles. The van der Waals surface area contributed by atoms with Crippen molar-refractivity contribution in [2.24, 2.45) is 0 Å². The van der Waals surface area contributed by atoms with Crippen LogP contribution in [0.1, 0.15) is 18.4 Å². The molecule has 102 valence electrons. The van der Waals surface area contributed by atoms with Gasteiger partial charge in [0.05, 0.1) is 6.61 Å². The summed E-state index contributed by atoms with van der Waals surface area (Å²) in [5.74, 6) is -0.841. The van der Waals surface area contributed by atoms with E-state index >= 15 is 0 Å². The van der Waals surface area contributed by atoms with E-state index in [-0.39, 0.29) is 19.1 Å². The summed E-state index contributed by atoms with van der Waals surface area (Å²) in [5.41, 5.74) is 2.18. The maximum absolute atomic E-state index is 10.5. The summed E-state index contributed by atoms with van der Waals surface area (Å²) in [6.07, 6.45) is 2.37. The number of aliphatic hydroxyl groups excluding tert-OH is 1. The molecule has 0 radical (unpaired) electrons. The van der Waals surface area contributed by atoms with Crippen molar-refractivity contribution >= 4 is 16.9 Å². The first kappa shape index (κ1) is 13.6. The Morgan fingerprint density at radius 2 is 2.21 bits per heavy atom. The molecule has 1 atom stereocenters. The molecule has 0 saturated carbocycles. The van der Waals surface area contributed by atoms with Gasteiger partial charge in [0.2, 0.25) is 0 Å². The average molecular weight is 262 g/mol. The van der Waals surface area contributed by atoms with Crippen molar-refractivity contribution in [2.45, 2.75) is 25.4 Å². The summed E-state index contributed by atoms with van der Waals surface area (Å²) < 4.78 is 0. The summed E-state index contributed by atoms with van der Waals surface area (Å²) in [6.45, 7) is 0.538. The summed E-state index contributed by atoms with van der Waals surface area (Å²) >= 11 is 0. The molecule has 0 spiro atoms. The topological polar surface area (TPSA) is 85.3 Å². The Labute approximate surface area is 111 Å². The Kier molecular flexibility index (Phi) is 4.54. The molecule has 1 unspecified atom stereocenters. The highest BCUT2D eigenvalue weighted by Crippen LogP contribution is 2.16. The van der Waals surface area contributed by atoms with Gasteiger partial charge in [0.1, 0.15) is 0 Å². The quantitative estimate of drug-likeness (QED) is 0.609. The van der Waals surface area contributed by atoms with Gasteiger partial charge < -0.3 is 20.5 Å². The van der Waals surface area contributed by atoms with Crippen LogP contribution < -0.4 is 5.32 Å². The van der Waals surface area contributed by atoms with Crippen molar-refractivity contribution in [3.05, 3.63) is 36.0 Å². The van der Waals surface area contributed by atoms with Crippen LogP contribution in [0.3, 0.4) is 0 Å². The zero-order valence-corrected chi connectivity index (χ0v) is 10.6. The molecule has 5 nitrogen and oxygen atoms in total. The molecule has 1 heterocycles. The van der Waals surface area contributed by atoms with E-state index in [1.165, 1.54) is 0 Å². The highest BCUT2D eigenvalue weighted by Gasteiger charge is 2.10. The van der Waals surface area contributed by atoms with Crippen LogP contribution in [0.2, 0.25) is 0 Å². The van der Waals surface area contributed by atoms with Gasteiger partial charge in [0.15, 0.2) is 0 Å². The number of nitrogens with one attached hydrogen (secondary N) is 2. The first-order valence-electron chi connectivity index (χ1n) is 6.31. The van der Waals surface area contributed by atoms with E-state index in [1.54, 1.807) is 0 Å². The van der Waals surface area contributed by atoms with Crippen molar-refractivity contribution in [3.63, 3.8) is 0 Å². The predicted octanol–water partition coefficient (Wildman–Crippen LogP) is 1.48. The molecule has 0 saturated heterocycles. The number of benzene rings is 1. The fourth-order valence-corrected chi connectivity index (χ4v) is 2.11. The number of aromatic nitrogens is 1. The van der Waals surface area contributed by atoms with Gasteiger partial charge in [-0.15, -0.1) is 0 Å². The molecule has 5 heteroatoms. The molecule has 4 N–H and O–H groups in total. The lowest BCUT2D eigenvalue weighted by molar-refractivity contribution is -0.137. The van der Waals surface area contributed by atoms with Gasteiger partial charge in [0.25, 0.3) is 0 Å². The fourth-order valence-electron chi connectivity index (χ4n) is 2.11. The highest BCUT2D eigenvalue weighted by molar-refractivity contribution is 5.82. The van der Waals surface area contributed by atoms with Crippen LogP contribution in [0.5, 0.6) is 0 Å². The average Bonchev–Trinajstić information content (AvgIpc) is 2.87. The first-order valence-corrected chi connectivity index (χ1v) is 6.31. The Bertz CT molecular complexity index is 550. The normalized spacial score (nSPS) is 12.7. The van der Waals surface area contributed by atoms with E-state index in [9.17, 15) is 9.90 Å². The number of hydrogen-bond donors (Lipinski definition) is 4. The number of hydrogen-bond acceptors (Lipinski definition) is 3. The highest BCUT2D eigenvalue weighted by atomic mass is 16.4.